The Bertz CT molecular complexity index is 602. The highest BCUT2D eigenvalue weighted by Gasteiger charge is 2.15. The van der Waals surface area contributed by atoms with Crippen molar-refractivity contribution in [1.82, 2.24) is 5.01 Å². The minimum Gasteiger partial charge on any atom is -0.487 e. The number of nitrogens with two attached hydrogens (primary N) is 1. The van der Waals surface area contributed by atoms with E-state index in [1.165, 1.54) is 0 Å². The number of amidine groups is 1. The molecule has 1 unspecified atom stereocenters. The van der Waals surface area contributed by atoms with Gasteiger partial charge >= 0.3 is 0 Å². The highest BCUT2D eigenvalue weighted by molar-refractivity contribution is 5.82. The Kier molecular flexibility index (Phi) is 5.42. The van der Waals surface area contributed by atoms with Crippen molar-refractivity contribution in [3.05, 3.63) is 72.3 Å². The minimum atomic E-state index is 0.237. The summed E-state index contributed by atoms with van der Waals surface area (Å²) in [5, 5.41) is 6.08. The number of nitrogens with zero attached hydrogens (tertiary/aromatic N) is 2. The van der Waals surface area contributed by atoms with Gasteiger partial charge in [0.15, 0.2) is 0 Å². The molecule has 22 heavy (non-hydrogen) atoms. The summed E-state index contributed by atoms with van der Waals surface area (Å²) in [4.78, 5) is 0. The van der Waals surface area contributed by atoms with E-state index in [4.69, 9.17) is 10.5 Å². The van der Waals surface area contributed by atoms with Crippen molar-refractivity contribution in [2.24, 2.45) is 16.8 Å². The summed E-state index contributed by atoms with van der Waals surface area (Å²) < 4.78 is 5.84. The molecular weight excluding hydrogens is 274 g/mol. The van der Waals surface area contributed by atoms with E-state index in [-0.39, 0.29) is 5.92 Å². The molecule has 0 spiro atoms. The second-order valence-corrected chi connectivity index (χ2v) is 5.27. The maximum atomic E-state index is 6.00. The molecule has 0 amide bonds. The molecule has 1 aliphatic rings. The second-order valence-electron chi connectivity index (χ2n) is 5.27. The van der Waals surface area contributed by atoms with Crippen LogP contribution in [0.1, 0.15) is 25.8 Å². The molecule has 0 aliphatic carbocycles. The van der Waals surface area contributed by atoms with Gasteiger partial charge in [0.25, 0.3) is 0 Å². The van der Waals surface area contributed by atoms with Crippen LogP contribution in [-0.2, 0) is 11.3 Å². The Morgan fingerprint density at radius 1 is 1.36 bits per heavy atom. The van der Waals surface area contributed by atoms with E-state index in [0.717, 1.165) is 12.0 Å². The monoisotopic (exact) mass is 297 g/mol. The number of hydrogen-bond donors (Lipinski definition) is 1. The van der Waals surface area contributed by atoms with Crippen LogP contribution >= 0.6 is 0 Å². The Morgan fingerprint density at radius 2 is 2.09 bits per heavy atom. The molecule has 0 saturated carbocycles. The van der Waals surface area contributed by atoms with Gasteiger partial charge in [0.1, 0.15) is 18.2 Å². The van der Waals surface area contributed by atoms with Gasteiger partial charge in [-0.15, -0.1) is 0 Å². The fourth-order valence-electron chi connectivity index (χ4n) is 1.90. The fourth-order valence-corrected chi connectivity index (χ4v) is 1.90. The summed E-state index contributed by atoms with van der Waals surface area (Å²) in [6.07, 6.45) is 6.54. The number of rotatable bonds is 6. The van der Waals surface area contributed by atoms with Crippen LogP contribution in [0.3, 0.4) is 0 Å². The topological polar surface area (TPSA) is 50.8 Å². The third-order valence-electron chi connectivity index (χ3n) is 3.61. The van der Waals surface area contributed by atoms with Crippen molar-refractivity contribution in [1.29, 1.82) is 0 Å². The van der Waals surface area contributed by atoms with Crippen molar-refractivity contribution in [2.75, 3.05) is 0 Å². The Balaban J connectivity index is 2.01. The zero-order valence-corrected chi connectivity index (χ0v) is 13.2. The molecule has 116 valence electrons. The Hall–Kier alpha value is -2.49. The van der Waals surface area contributed by atoms with Crippen molar-refractivity contribution < 1.29 is 4.74 Å². The average molecular weight is 297 g/mol. The summed E-state index contributed by atoms with van der Waals surface area (Å²) in [7, 11) is 0. The fraction of sp³-hybridized carbons (Fsp3) is 0.278. The van der Waals surface area contributed by atoms with E-state index in [2.05, 4.69) is 25.5 Å². The van der Waals surface area contributed by atoms with Crippen molar-refractivity contribution in [2.45, 2.75) is 26.9 Å². The molecule has 1 aromatic rings. The van der Waals surface area contributed by atoms with Crippen LogP contribution < -0.4 is 5.73 Å². The van der Waals surface area contributed by atoms with Gasteiger partial charge in [0, 0.05) is 12.1 Å². The third-order valence-corrected chi connectivity index (χ3v) is 3.61. The molecule has 2 N–H and O–H groups in total. The number of allylic oxidation sites excluding steroid dienone is 2. The predicted molar refractivity (Wildman–Crippen MR) is 90.5 cm³/mol. The molecule has 0 radical (unpaired) electrons. The van der Waals surface area contributed by atoms with Crippen molar-refractivity contribution in [3.8, 4) is 0 Å². The van der Waals surface area contributed by atoms with E-state index in [0.29, 0.717) is 23.9 Å². The van der Waals surface area contributed by atoms with Gasteiger partial charge in [0.05, 0.1) is 5.70 Å². The molecule has 1 aromatic carbocycles. The molecule has 1 heterocycles. The number of benzene rings is 1. The first kappa shape index (κ1) is 15.9. The number of hydrogen-bond acceptors (Lipinski definition) is 3. The Labute approximate surface area is 132 Å². The van der Waals surface area contributed by atoms with Crippen LogP contribution in [0.5, 0.6) is 0 Å². The van der Waals surface area contributed by atoms with Gasteiger partial charge in [-0.05, 0) is 24.1 Å². The predicted octanol–water partition coefficient (Wildman–Crippen LogP) is 3.75. The van der Waals surface area contributed by atoms with E-state index in [9.17, 15) is 0 Å². The maximum absolute atomic E-state index is 6.00. The third kappa shape index (κ3) is 4.01. The van der Waals surface area contributed by atoms with Crippen LogP contribution in [-0.4, -0.2) is 10.8 Å². The SMILES string of the molecule is C=C1C(OCc2ccccc2)=CC=CN1/N=C(/N)C(C)CC. The first-order valence-electron chi connectivity index (χ1n) is 7.49. The quantitative estimate of drug-likeness (QED) is 0.642. The lowest BCUT2D eigenvalue weighted by molar-refractivity contribution is 0.192. The molecule has 0 aromatic heterocycles. The van der Waals surface area contributed by atoms with Gasteiger partial charge in [-0.25, -0.2) is 5.01 Å². The zero-order chi connectivity index (χ0) is 15.9. The van der Waals surface area contributed by atoms with Crippen LogP contribution in [0.2, 0.25) is 0 Å². The normalized spacial score (nSPS) is 16.5. The largest absolute Gasteiger partial charge is 0.487 e. The average Bonchev–Trinajstić information content (AvgIpc) is 2.55. The van der Waals surface area contributed by atoms with Gasteiger partial charge in [-0.1, -0.05) is 50.8 Å². The van der Waals surface area contributed by atoms with Crippen LogP contribution in [0.25, 0.3) is 0 Å². The summed E-state index contributed by atoms with van der Waals surface area (Å²) >= 11 is 0. The summed E-state index contributed by atoms with van der Waals surface area (Å²) in [5.41, 5.74) is 7.80. The van der Waals surface area contributed by atoms with Gasteiger partial charge in [-0.2, -0.15) is 5.10 Å². The second kappa shape index (κ2) is 7.50. The zero-order valence-electron chi connectivity index (χ0n) is 13.2. The Morgan fingerprint density at radius 3 is 2.77 bits per heavy atom. The molecule has 4 nitrogen and oxygen atoms in total. The van der Waals surface area contributed by atoms with Crippen LogP contribution in [0.15, 0.2) is 71.8 Å². The smallest absolute Gasteiger partial charge is 0.144 e. The first-order chi connectivity index (χ1) is 10.6. The summed E-state index contributed by atoms with van der Waals surface area (Å²) in [5.74, 6) is 1.53. The van der Waals surface area contributed by atoms with Crippen molar-refractivity contribution in [3.63, 3.8) is 0 Å². The molecule has 1 aliphatic heterocycles. The molecule has 0 saturated heterocycles. The van der Waals surface area contributed by atoms with E-state index < -0.39 is 0 Å². The van der Waals surface area contributed by atoms with E-state index in [1.807, 2.05) is 48.7 Å². The highest BCUT2D eigenvalue weighted by atomic mass is 16.5. The molecule has 2 rings (SSSR count). The molecule has 1 atom stereocenters. The lowest BCUT2D eigenvalue weighted by atomic mass is 10.1. The highest BCUT2D eigenvalue weighted by Crippen LogP contribution is 2.22. The minimum absolute atomic E-state index is 0.237. The molecular formula is C18H23N3O. The van der Waals surface area contributed by atoms with Gasteiger partial charge < -0.3 is 10.5 Å². The summed E-state index contributed by atoms with van der Waals surface area (Å²) in [6.45, 7) is 8.68. The van der Waals surface area contributed by atoms with E-state index in [1.54, 1.807) is 5.01 Å². The van der Waals surface area contributed by atoms with Gasteiger partial charge in [0.2, 0.25) is 0 Å². The molecule has 0 bridgehead atoms. The number of hydrazone groups is 1. The molecule has 0 fully saturated rings. The standard InChI is InChI=1S/C18H23N3O/c1-4-14(2)18(19)20-21-12-8-11-17(15(21)3)22-13-16-9-6-5-7-10-16/h5-12,14H,3-4,13H2,1-2H3,(H2,19,20). The van der Waals surface area contributed by atoms with Crippen molar-refractivity contribution >= 4 is 5.84 Å². The maximum Gasteiger partial charge on any atom is 0.144 e. The number of ether oxygens (including phenoxy) is 1. The van der Waals surface area contributed by atoms with Crippen LogP contribution in [0.4, 0.5) is 0 Å². The lowest BCUT2D eigenvalue weighted by Crippen LogP contribution is -2.26. The van der Waals surface area contributed by atoms with Gasteiger partial charge in [-0.3, -0.25) is 0 Å². The van der Waals surface area contributed by atoms with E-state index >= 15 is 0 Å². The van der Waals surface area contributed by atoms with Crippen LogP contribution in [0, 0.1) is 5.92 Å². The lowest BCUT2D eigenvalue weighted by Gasteiger charge is -2.24. The summed E-state index contributed by atoms with van der Waals surface area (Å²) in [6, 6.07) is 10.0. The molecule has 4 heteroatoms. The first-order valence-corrected chi connectivity index (χ1v) is 7.49.